The molecule has 0 amide bonds. The highest BCUT2D eigenvalue weighted by Gasteiger charge is 2.14. The van der Waals surface area contributed by atoms with E-state index in [4.69, 9.17) is 0 Å². The summed E-state index contributed by atoms with van der Waals surface area (Å²) in [7, 11) is 1.87. The van der Waals surface area contributed by atoms with Crippen LogP contribution in [-0.4, -0.2) is 7.05 Å². The lowest BCUT2D eigenvalue weighted by molar-refractivity contribution is 0.726. The molecule has 0 radical (unpaired) electrons. The van der Waals surface area contributed by atoms with Crippen LogP contribution in [0, 0.1) is 0 Å². The molecule has 0 saturated carbocycles. The first kappa shape index (κ1) is 54.1. The van der Waals surface area contributed by atoms with E-state index in [0.29, 0.717) is 0 Å². The Morgan fingerprint density at radius 2 is 1.15 bits per heavy atom. The summed E-state index contributed by atoms with van der Waals surface area (Å²) < 4.78 is 0. The van der Waals surface area contributed by atoms with Gasteiger partial charge in [0.05, 0.1) is 0 Å². The molecule has 3 heteroatoms. The molecular formula is C58H71N3. The Morgan fingerprint density at radius 1 is 0.623 bits per heavy atom. The van der Waals surface area contributed by atoms with Crippen LogP contribution in [0.5, 0.6) is 0 Å². The van der Waals surface area contributed by atoms with Crippen molar-refractivity contribution in [2.45, 2.75) is 46.5 Å². The Kier molecular flexibility index (Phi) is 32.0. The molecule has 0 bridgehead atoms. The van der Waals surface area contributed by atoms with Crippen LogP contribution in [0.1, 0.15) is 57.6 Å². The lowest BCUT2D eigenvalue weighted by atomic mass is 9.89. The number of allylic oxidation sites excluding steroid dienone is 17. The Morgan fingerprint density at radius 3 is 1.67 bits per heavy atom. The third-order valence-electron chi connectivity index (χ3n) is 8.27. The first-order valence-corrected chi connectivity index (χ1v) is 20.7. The highest BCUT2D eigenvalue weighted by atomic mass is 15.3. The van der Waals surface area contributed by atoms with E-state index >= 15 is 0 Å². The fourth-order valence-corrected chi connectivity index (χ4v) is 5.46. The Balaban J connectivity index is 0.00000182. The van der Waals surface area contributed by atoms with Gasteiger partial charge in [0.2, 0.25) is 0 Å². The zero-order valence-corrected chi connectivity index (χ0v) is 37.6. The Labute approximate surface area is 371 Å². The van der Waals surface area contributed by atoms with Crippen molar-refractivity contribution < 1.29 is 0 Å². The average molecular weight is 810 g/mol. The van der Waals surface area contributed by atoms with Crippen LogP contribution in [0.2, 0.25) is 0 Å². The van der Waals surface area contributed by atoms with E-state index < -0.39 is 0 Å². The van der Waals surface area contributed by atoms with E-state index in [1.807, 2.05) is 59.2 Å². The van der Waals surface area contributed by atoms with Crippen molar-refractivity contribution >= 4 is 5.69 Å². The highest BCUT2D eigenvalue weighted by Crippen LogP contribution is 2.33. The molecule has 318 valence electrons. The molecule has 5 rings (SSSR count). The minimum atomic E-state index is 0.0809. The molecule has 1 atom stereocenters. The predicted molar refractivity (Wildman–Crippen MR) is 277 cm³/mol. The smallest absolute Gasteiger partial charge is 0.0382 e. The molecule has 1 aliphatic carbocycles. The first-order chi connectivity index (χ1) is 29.8. The van der Waals surface area contributed by atoms with Gasteiger partial charge in [-0.25, -0.2) is 5.43 Å². The van der Waals surface area contributed by atoms with Gasteiger partial charge in [-0.3, -0.25) is 0 Å². The fraction of sp³-hybridized carbons (Fsp3) is 0.138. The maximum absolute atomic E-state index is 4.31. The van der Waals surface area contributed by atoms with Crippen LogP contribution in [-0.2, 0) is 0 Å². The number of hydrogen-bond acceptors (Lipinski definition) is 3. The van der Waals surface area contributed by atoms with Crippen LogP contribution in [0.25, 0.3) is 22.3 Å². The van der Waals surface area contributed by atoms with E-state index in [0.717, 1.165) is 29.7 Å². The highest BCUT2D eigenvalue weighted by molar-refractivity contribution is 5.71. The van der Waals surface area contributed by atoms with Crippen LogP contribution >= 0.6 is 0 Å². The van der Waals surface area contributed by atoms with Gasteiger partial charge in [0.25, 0.3) is 0 Å². The van der Waals surface area contributed by atoms with Crippen LogP contribution in [0.4, 0.5) is 5.69 Å². The molecule has 0 heterocycles. The lowest BCUT2D eigenvalue weighted by Gasteiger charge is -2.20. The van der Waals surface area contributed by atoms with Gasteiger partial charge in [-0.1, -0.05) is 236 Å². The quantitative estimate of drug-likeness (QED) is 0.0636. The first-order valence-electron chi connectivity index (χ1n) is 20.7. The maximum Gasteiger partial charge on any atom is 0.0382 e. The molecule has 0 spiro atoms. The average Bonchev–Trinajstić information content (AvgIpc) is 3.32. The van der Waals surface area contributed by atoms with Crippen molar-refractivity contribution in [2.24, 2.45) is 0 Å². The van der Waals surface area contributed by atoms with E-state index in [-0.39, 0.29) is 5.92 Å². The van der Waals surface area contributed by atoms with Crippen LogP contribution < -0.4 is 16.2 Å². The zero-order valence-electron chi connectivity index (χ0n) is 37.6. The minimum Gasteiger partial charge on any atom is -0.358 e. The molecule has 3 N–H and O–H groups in total. The van der Waals surface area contributed by atoms with Gasteiger partial charge in [0.15, 0.2) is 0 Å². The number of anilines is 1. The molecular weight excluding hydrogens is 739 g/mol. The van der Waals surface area contributed by atoms with Crippen LogP contribution in [0.3, 0.4) is 0 Å². The normalized spacial score (nSPS) is 11.4. The van der Waals surface area contributed by atoms with Crippen LogP contribution in [0.15, 0.2) is 264 Å². The maximum atomic E-state index is 4.31. The fourth-order valence-electron chi connectivity index (χ4n) is 5.46. The molecule has 0 aliphatic heterocycles. The third-order valence-corrected chi connectivity index (χ3v) is 8.27. The third kappa shape index (κ3) is 22.1. The van der Waals surface area contributed by atoms with Crippen molar-refractivity contribution in [1.29, 1.82) is 0 Å². The molecule has 4 aromatic rings. The molecule has 0 aromatic heterocycles. The van der Waals surface area contributed by atoms with E-state index in [1.165, 1.54) is 39.1 Å². The summed E-state index contributed by atoms with van der Waals surface area (Å²) in [5.41, 5.74) is 17.9. The molecule has 1 unspecified atom stereocenters. The standard InChI is InChI=1S/C41H41N3.3C4H6.C3H6.C2H6/c1-4-5-7-13-31(2)39-18-10-11-19-41(39)44-38-26-24-35(25-27-38)40(28-29-43-42-3)37-17-12-16-36(30-37)34-22-20-33(21-23-34)32-14-8-6-9-15-32;3*1-3-4-2;1-3-2;1-2/h4-10,12-18,20-30,40,42-44H,2,11,19H2,1,3H3;3*3-4H,1-2H2;3H,1H2,2H3;1-2H3/b5-4-,13-7-,29-28-;;;;;. The van der Waals surface area contributed by atoms with Gasteiger partial charge in [-0.05, 0) is 77.8 Å². The SMILES string of the molecule is C=C(/C=C\C=C/C)C1=C(Nc2ccc(C(/C=C\NNC)c3cccc(-c4ccc(-c5ccccc5)cc4)c3)cc2)CCC=C1.C=CC.C=CC=C.C=CC=C.C=CC=C.CC. The zero-order chi connectivity index (χ0) is 45.5. The van der Waals surface area contributed by atoms with E-state index in [2.05, 4.69) is 196 Å². The lowest BCUT2D eigenvalue weighted by Crippen LogP contribution is -2.21. The molecule has 4 aromatic carbocycles. The predicted octanol–water partition coefficient (Wildman–Crippen LogP) is 16.4. The monoisotopic (exact) mass is 810 g/mol. The van der Waals surface area contributed by atoms with E-state index in [9.17, 15) is 0 Å². The van der Waals surface area contributed by atoms with Crippen molar-refractivity contribution in [3.05, 3.63) is 275 Å². The van der Waals surface area contributed by atoms with Gasteiger partial charge < -0.3 is 10.7 Å². The molecule has 3 nitrogen and oxygen atoms in total. The number of rotatable bonds is 15. The van der Waals surface area contributed by atoms with Gasteiger partial charge >= 0.3 is 0 Å². The van der Waals surface area contributed by atoms with Crippen molar-refractivity contribution in [3.8, 4) is 22.3 Å². The Hall–Kier alpha value is -6.94. The number of benzene rings is 4. The summed E-state index contributed by atoms with van der Waals surface area (Å²) in [4.78, 5) is 0. The number of hydrogen-bond donors (Lipinski definition) is 3. The Bertz CT molecular complexity index is 1990. The van der Waals surface area contributed by atoms with Crippen molar-refractivity contribution in [1.82, 2.24) is 10.9 Å². The second kappa shape index (κ2) is 36.2. The number of nitrogens with one attached hydrogen (secondary N) is 3. The van der Waals surface area contributed by atoms with Gasteiger partial charge in [0.1, 0.15) is 0 Å². The molecule has 61 heavy (non-hydrogen) atoms. The summed E-state index contributed by atoms with van der Waals surface area (Å²) in [5, 5.41) is 3.68. The number of hydrazine groups is 1. The summed E-state index contributed by atoms with van der Waals surface area (Å²) in [6.45, 7) is 35.7. The minimum absolute atomic E-state index is 0.0809. The summed E-state index contributed by atoms with van der Waals surface area (Å²) >= 11 is 0. The summed E-state index contributed by atoms with van der Waals surface area (Å²) in [6, 6.07) is 37.0. The van der Waals surface area contributed by atoms with Gasteiger partial charge in [0, 0.05) is 36.1 Å². The van der Waals surface area contributed by atoms with Crippen molar-refractivity contribution in [2.75, 3.05) is 12.4 Å². The molecule has 0 fully saturated rings. The second-order valence-corrected chi connectivity index (χ2v) is 12.6. The topological polar surface area (TPSA) is 36.1 Å². The second-order valence-electron chi connectivity index (χ2n) is 12.6. The summed E-state index contributed by atoms with van der Waals surface area (Å²) in [6.07, 6.45) is 30.3. The van der Waals surface area contributed by atoms with Gasteiger partial charge in [-0.2, -0.15) is 0 Å². The largest absolute Gasteiger partial charge is 0.358 e. The molecule has 0 saturated heterocycles. The van der Waals surface area contributed by atoms with E-state index in [1.54, 1.807) is 42.5 Å². The van der Waals surface area contributed by atoms with Gasteiger partial charge in [-0.15, -0.1) is 6.58 Å². The summed E-state index contributed by atoms with van der Waals surface area (Å²) in [5.74, 6) is 0.0809. The van der Waals surface area contributed by atoms with Crippen molar-refractivity contribution in [3.63, 3.8) is 0 Å². The molecule has 1 aliphatic rings.